The average molecular weight is 426 g/mol. The molecule has 0 heterocycles. The molecule has 0 aromatic heterocycles. The number of hydrogen-bond donors (Lipinski definition) is 1. The Morgan fingerprint density at radius 1 is 0.690 bits per heavy atom. The number of unbranched alkanes of at least 4 members (excludes halogenated alkanes) is 13. The summed E-state index contributed by atoms with van der Waals surface area (Å²) in [4.78, 5) is 0. The lowest BCUT2D eigenvalue weighted by molar-refractivity contribution is 0.208. The molecule has 0 aliphatic rings. The van der Waals surface area contributed by atoms with E-state index in [1.807, 2.05) is 30.3 Å². The standard InChI is InChI=1S/C26H47NO.ClH/c1-4-5-6-7-8-9-10-11-12-13-14-15-16-20-23-27-26(2,3)24-28-25-21-18-17-19-22-25;/h17-19,21-22,27H,4-16,20,23-24H2,1-3H3;1H. The lowest BCUT2D eigenvalue weighted by atomic mass is 10.0. The number of hydrogen-bond acceptors (Lipinski definition) is 2. The highest BCUT2D eigenvalue weighted by Crippen LogP contribution is 2.14. The molecule has 1 rings (SSSR count). The summed E-state index contributed by atoms with van der Waals surface area (Å²) in [6.45, 7) is 8.53. The van der Waals surface area contributed by atoms with Crippen molar-refractivity contribution < 1.29 is 4.74 Å². The molecule has 0 radical (unpaired) electrons. The minimum absolute atomic E-state index is 0. The van der Waals surface area contributed by atoms with E-state index in [-0.39, 0.29) is 17.9 Å². The highest BCUT2D eigenvalue weighted by molar-refractivity contribution is 5.85. The summed E-state index contributed by atoms with van der Waals surface area (Å²) in [6, 6.07) is 10.1. The van der Waals surface area contributed by atoms with Gasteiger partial charge in [-0.2, -0.15) is 0 Å². The molecule has 1 aromatic carbocycles. The van der Waals surface area contributed by atoms with Crippen LogP contribution in [0, 0.1) is 0 Å². The van der Waals surface area contributed by atoms with Crippen LogP contribution in [0.3, 0.4) is 0 Å². The molecule has 0 aliphatic heterocycles. The van der Waals surface area contributed by atoms with E-state index in [2.05, 4.69) is 26.1 Å². The number of rotatable bonds is 19. The van der Waals surface area contributed by atoms with Gasteiger partial charge in [0.15, 0.2) is 0 Å². The molecule has 0 amide bonds. The summed E-state index contributed by atoms with van der Waals surface area (Å²) < 4.78 is 5.88. The molecule has 1 N–H and O–H groups in total. The highest BCUT2D eigenvalue weighted by atomic mass is 35.5. The van der Waals surface area contributed by atoms with Crippen molar-refractivity contribution in [1.29, 1.82) is 0 Å². The van der Waals surface area contributed by atoms with Gasteiger partial charge in [0.05, 0.1) is 0 Å². The van der Waals surface area contributed by atoms with Crippen LogP contribution in [0.5, 0.6) is 5.75 Å². The van der Waals surface area contributed by atoms with E-state index in [1.54, 1.807) is 0 Å². The molecular formula is C26H48ClNO. The predicted molar refractivity (Wildman–Crippen MR) is 132 cm³/mol. The number of ether oxygens (including phenoxy) is 1. The molecule has 170 valence electrons. The molecule has 0 saturated heterocycles. The minimum atomic E-state index is 0. The third-order valence-corrected chi connectivity index (χ3v) is 5.48. The molecule has 29 heavy (non-hydrogen) atoms. The normalized spacial score (nSPS) is 11.3. The first kappa shape index (κ1) is 28.3. The van der Waals surface area contributed by atoms with E-state index in [4.69, 9.17) is 4.74 Å². The van der Waals surface area contributed by atoms with Crippen molar-refractivity contribution in [3.8, 4) is 5.75 Å². The Bertz CT molecular complexity index is 449. The second-order valence-corrected chi connectivity index (χ2v) is 9.01. The van der Waals surface area contributed by atoms with Crippen LogP contribution in [0.2, 0.25) is 0 Å². The number of nitrogens with one attached hydrogen (secondary N) is 1. The lowest BCUT2D eigenvalue weighted by Gasteiger charge is -2.26. The SMILES string of the molecule is CCCCCCCCCCCCCCCCNC(C)(C)COc1ccccc1.Cl. The van der Waals surface area contributed by atoms with E-state index in [9.17, 15) is 0 Å². The first-order valence-corrected chi connectivity index (χ1v) is 12.1. The summed E-state index contributed by atoms with van der Waals surface area (Å²) in [7, 11) is 0. The molecule has 3 heteroatoms. The Balaban J connectivity index is 0.00000784. The summed E-state index contributed by atoms with van der Waals surface area (Å²) in [5.74, 6) is 0.953. The second-order valence-electron chi connectivity index (χ2n) is 9.01. The first-order chi connectivity index (χ1) is 13.6. The summed E-state index contributed by atoms with van der Waals surface area (Å²) >= 11 is 0. The van der Waals surface area contributed by atoms with E-state index in [1.165, 1.54) is 89.9 Å². The molecule has 0 unspecified atom stereocenters. The largest absolute Gasteiger partial charge is 0.492 e. The van der Waals surface area contributed by atoms with Gasteiger partial charge in [-0.15, -0.1) is 12.4 Å². The van der Waals surface area contributed by atoms with E-state index in [0.717, 1.165) is 12.3 Å². The van der Waals surface area contributed by atoms with E-state index >= 15 is 0 Å². The molecule has 1 aromatic rings. The van der Waals surface area contributed by atoms with Gasteiger partial charge in [0.25, 0.3) is 0 Å². The monoisotopic (exact) mass is 425 g/mol. The van der Waals surface area contributed by atoms with Crippen molar-refractivity contribution in [2.75, 3.05) is 13.2 Å². The van der Waals surface area contributed by atoms with Gasteiger partial charge in [0.1, 0.15) is 12.4 Å². The summed E-state index contributed by atoms with van der Waals surface area (Å²) in [6.07, 6.45) is 19.8. The number of para-hydroxylation sites is 1. The quantitative estimate of drug-likeness (QED) is 0.225. The zero-order chi connectivity index (χ0) is 20.3. The van der Waals surface area contributed by atoms with Crippen LogP contribution in [-0.2, 0) is 0 Å². The number of halogens is 1. The maximum absolute atomic E-state index is 5.88. The van der Waals surface area contributed by atoms with Crippen LogP contribution < -0.4 is 10.1 Å². The van der Waals surface area contributed by atoms with Crippen molar-refractivity contribution in [2.24, 2.45) is 0 Å². The Labute approximate surface area is 188 Å². The zero-order valence-corrected chi connectivity index (χ0v) is 20.3. The highest BCUT2D eigenvalue weighted by Gasteiger charge is 2.17. The van der Waals surface area contributed by atoms with Crippen LogP contribution in [0.15, 0.2) is 30.3 Å². The Morgan fingerprint density at radius 3 is 1.62 bits per heavy atom. The van der Waals surface area contributed by atoms with Crippen LogP contribution in [-0.4, -0.2) is 18.7 Å². The fourth-order valence-corrected chi connectivity index (χ4v) is 3.58. The third kappa shape index (κ3) is 17.8. The predicted octanol–water partition coefficient (Wildman–Crippen LogP) is 8.34. The van der Waals surface area contributed by atoms with Crippen molar-refractivity contribution in [1.82, 2.24) is 5.32 Å². The molecule has 0 saturated carbocycles. The van der Waals surface area contributed by atoms with Crippen LogP contribution in [0.4, 0.5) is 0 Å². The van der Waals surface area contributed by atoms with Gasteiger partial charge in [0.2, 0.25) is 0 Å². The van der Waals surface area contributed by atoms with Crippen molar-refractivity contribution in [3.05, 3.63) is 30.3 Å². The Kier molecular flexibility index (Phi) is 18.8. The molecule has 2 nitrogen and oxygen atoms in total. The number of benzene rings is 1. The maximum atomic E-state index is 5.88. The first-order valence-electron chi connectivity index (χ1n) is 12.1. The minimum Gasteiger partial charge on any atom is -0.492 e. The fraction of sp³-hybridized carbons (Fsp3) is 0.769. The topological polar surface area (TPSA) is 21.3 Å². The van der Waals surface area contributed by atoms with Crippen molar-refractivity contribution >= 4 is 12.4 Å². The molecule has 0 atom stereocenters. The zero-order valence-electron chi connectivity index (χ0n) is 19.5. The maximum Gasteiger partial charge on any atom is 0.119 e. The molecular weight excluding hydrogens is 378 g/mol. The third-order valence-electron chi connectivity index (χ3n) is 5.48. The van der Waals surface area contributed by atoms with Gasteiger partial charge in [0, 0.05) is 5.54 Å². The van der Waals surface area contributed by atoms with Crippen LogP contribution in [0.1, 0.15) is 111 Å². The Hall–Kier alpha value is -0.730. The van der Waals surface area contributed by atoms with Gasteiger partial charge >= 0.3 is 0 Å². The van der Waals surface area contributed by atoms with Crippen LogP contribution in [0.25, 0.3) is 0 Å². The smallest absolute Gasteiger partial charge is 0.119 e. The van der Waals surface area contributed by atoms with Crippen molar-refractivity contribution in [2.45, 2.75) is 116 Å². The summed E-state index contributed by atoms with van der Waals surface area (Å²) in [5.41, 5.74) is 0.0202. The van der Waals surface area contributed by atoms with Gasteiger partial charge in [-0.05, 0) is 38.9 Å². The van der Waals surface area contributed by atoms with E-state index in [0.29, 0.717) is 6.61 Å². The molecule has 0 fully saturated rings. The van der Waals surface area contributed by atoms with E-state index < -0.39 is 0 Å². The van der Waals surface area contributed by atoms with Gasteiger partial charge in [-0.3, -0.25) is 0 Å². The van der Waals surface area contributed by atoms with Crippen molar-refractivity contribution in [3.63, 3.8) is 0 Å². The van der Waals surface area contributed by atoms with Gasteiger partial charge < -0.3 is 10.1 Å². The second kappa shape index (κ2) is 19.2. The van der Waals surface area contributed by atoms with Gasteiger partial charge in [-0.25, -0.2) is 0 Å². The fourth-order valence-electron chi connectivity index (χ4n) is 3.58. The van der Waals surface area contributed by atoms with Crippen LogP contribution >= 0.6 is 12.4 Å². The molecule has 0 bridgehead atoms. The average Bonchev–Trinajstić information content (AvgIpc) is 2.70. The molecule has 0 spiro atoms. The van der Waals surface area contributed by atoms with Gasteiger partial charge in [-0.1, -0.05) is 109 Å². The molecule has 0 aliphatic carbocycles. The lowest BCUT2D eigenvalue weighted by Crippen LogP contribution is -2.45. The summed E-state index contributed by atoms with van der Waals surface area (Å²) in [5, 5.41) is 3.65. The Morgan fingerprint density at radius 2 is 1.14 bits per heavy atom.